The minimum absolute atomic E-state index is 0.0547. The SMILES string of the molecule is COc1ccc(C)cc1NC(=O)C1CCN(C(=O)c2c(OC)cccc2OC)CC1. The monoisotopic (exact) mass is 412 g/mol. The van der Waals surface area contributed by atoms with Gasteiger partial charge in [0, 0.05) is 19.0 Å². The van der Waals surface area contributed by atoms with Crippen LogP contribution in [0.4, 0.5) is 5.69 Å². The maximum absolute atomic E-state index is 13.1. The summed E-state index contributed by atoms with van der Waals surface area (Å²) in [6.07, 6.45) is 1.17. The smallest absolute Gasteiger partial charge is 0.261 e. The van der Waals surface area contributed by atoms with Crippen LogP contribution < -0.4 is 19.5 Å². The van der Waals surface area contributed by atoms with Crippen LogP contribution in [0.15, 0.2) is 36.4 Å². The summed E-state index contributed by atoms with van der Waals surface area (Å²) in [5, 5.41) is 2.98. The average Bonchev–Trinajstić information content (AvgIpc) is 2.78. The first-order valence-electron chi connectivity index (χ1n) is 9.94. The largest absolute Gasteiger partial charge is 0.496 e. The van der Waals surface area contributed by atoms with Crippen molar-refractivity contribution < 1.29 is 23.8 Å². The molecule has 0 atom stereocenters. The number of rotatable bonds is 6. The topological polar surface area (TPSA) is 77.1 Å². The Kier molecular flexibility index (Phi) is 6.82. The third-order valence-electron chi connectivity index (χ3n) is 5.41. The van der Waals surface area contributed by atoms with E-state index in [-0.39, 0.29) is 17.7 Å². The summed E-state index contributed by atoms with van der Waals surface area (Å²) >= 11 is 0. The number of likely N-dealkylation sites (tertiary alicyclic amines) is 1. The maximum atomic E-state index is 13.1. The second-order valence-corrected chi connectivity index (χ2v) is 7.30. The van der Waals surface area contributed by atoms with Gasteiger partial charge >= 0.3 is 0 Å². The fourth-order valence-electron chi connectivity index (χ4n) is 3.72. The van der Waals surface area contributed by atoms with E-state index in [2.05, 4.69) is 5.32 Å². The molecule has 0 spiro atoms. The summed E-state index contributed by atoms with van der Waals surface area (Å²) in [5.74, 6) is 1.21. The summed E-state index contributed by atoms with van der Waals surface area (Å²) in [7, 11) is 4.64. The number of hydrogen-bond acceptors (Lipinski definition) is 5. The fraction of sp³-hybridized carbons (Fsp3) is 0.391. The number of ether oxygens (including phenoxy) is 3. The summed E-state index contributed by atoms with van der Waals surface area (Å²) in [6.45, 7) is 2.94. The Balaban J connectivity index is 1.66. The highest BCUT2D eigenvalue weighted by atomic mass is 16.5. The van der Waals surface area contributed by atoms with Crippen molar-refractivity contribution in [1.82, 2.24) is 4.90 Å². The van der Waals surface area contributed by atoms with Gasteiger partial charge in [0.15, 0.2) is 0 Å². The third-order valence-corrected chi connectivity index (χ3v) is 5.41. The number of piperidine rings is 1. The molecule has 0 saturated carbocycles. The van der Waals surface area contributed by atoms with Gasteiger partial charge in [0.1, 0.15) is 22.8 Å². The van der Waals surface area contributed by atoms with Crippen LogP contribution in [-0.4, -0.2) is 51.1 Å². The first kappa shape index (κ1) is 21.5. The Hall–Kier alpha value is -3.22. The molecule has 1 N–H and O–H groups in total. The van der Waals surface area contributed by atoms with Crippen molar-refractivity contribution in [2.75, 3.05) is 39.7 Å². The molecule has 7 nitrogen and oxygen atoms in total. The summed E-state index contributed by atoms with van der Waals surface area (Å²) in [4.78, 5) is 27.6. The van der Waals surface area contributed by atoms with Gasteiger partial charge in [-0.25, -0.2) is 0 Å². The summed E-state index contributed by atoms with van der Waals surface area (Å²) in [6, 6.07) is 10.9. The van der Waals surface area contributed by atoms with Gasteiger partial charge in [0.2, 0.25) is 5.91 Å². The lowest BCUT2D eigenvalue weighted by Crippen LogP contribution is -2.41. The lowest BCUT2D eigenvalue weighted by molar-refractivity contribution is -0.121. The van der Waals surface area contributed by atoms with E-state index in [4.69, 9.17) is 14.2 Å². The van der Waals surface area contributed by atoms with Crippen molar-refractivity contribution in [3.63, 3.8) is 0 Å². The standard InChI is InChI=1S/C23H28N2O5/c1-15-8-9-18(28-2)17(14-15)24-22(26)16-10-12-25(13-11-16)23(27)21-19(29-3)6-5-7-20(21)30-4/h5-9,14,16H,10-13H2,1-4H3,(H,24,26). The fourth-order valence-corrected chi connectivity index (χ4v) is 3.72. The first-order valence-corrected chi connectivity index (χ1v) is 9.94. The molecule has 30 heavy (non-hydrogen) atoms. The van der Waals surface area contributed by atoms with E-state index in [1.165, 1.54) is 14.2 Å². The second kappa shape index (κ2) is 9.52. The van der Waals surface area contributed by atoms with Crippen molar-refractivity contribution in [3.8, 4) is 17.2 Å². The van der Waals surface area contributed by atoms with Gasteiger partial charge in [-0.2, -0.15) is 0 Å². The van der Waals surface area contributed by atoms with Crippen LogP contribution in [0.25, 0.3) is 0 Å². The molecule has 1 fully saturated rings. The zero-order valence-electron chi connectivity index (χ0n) is 17.9. The van der Waals surface area contributed by atoms with Gasteiger partial charge in [0.05, 0.1) is 27.0 Å². The van der Waals surface area contributed by atoms with E-state index in [1.54, 1.807) is 30.2 Å². The lowest BCUT2D eigenvalue weighted by Gasteiger charge is -2.32. The van der Waals surface area contributed by atoms with Crippen LogP contribution in [0.5, 0.6) is 17.2 Å². The highest BCUT2D eigenvalue weighted by molar-refractivity contribution is 6.00. The van der Waals surface area contributed by atoms with Gasteiger partial charge in [-0.05, 0) is 49.6 Å². The number of methoxy groups -OCH3 is 3. The van der Waals surface area contributed by atoms with Crippen molar-refractivity contribution in [2.45, 2.75) is 19.8 Å². The highest BCUT2D eigenvalue weighted by Crippen LogP contribution is 2.32. The van der Waals surface area contributed by atoms with Gasteiger partial charge in [-0.1, -0.05) is 12.1 Å². The number of nitrogens with one attached hydrogen (secondary N) is 1. The Morgan fingerprint density at radius 2 is 1.53 bits per heavy atom. The minimum Gasteiger partial charge on any atom is -0.496 e. The zero-order chi connectivity index (χ0) is 21.7. The van der Waals surface area contributed by atoms with E-state index in [1.807, 2.05) is 25.1 Å². The molecule has 0 aromatic heterocycles. The van der Waals surface area contributed by atoms with E-state index >= 15 is 0 Å². The molecule has 2 aromatic carbocycles. The Morgan fingerprint density at radius 3 is 2.10 bits per heavy atom. The van der Waals surface area contributed by atoms with Gasteiger partial charge < -0.3 is 24.4 Å². The number of aryl methyl sites for hydroxylation is 1. The van der Waals surface area contributed by atoms with Gasteiger partial charge in [0.25, 0.3) is 5.91 Å². The van der Waals surface area contributed by atoms with E-state index in [0.717, 1.165) is 5.56 Å². The van der Waals surface area contributed by atoms with Gasteiger partial charge in [-0.3, -0.25) is 9.59 Å². The van der Waals surface area contributed by atoms with Crippen LogP contribution in [0.3, 0.4) is 0 Å². The Bertz CT molecular complexity index is 898. The van der Waals surface area contributed by atoms with Crippen LogP contribution in [0.2, 0.25) is 0 Å². The number of benzene rings is 2. The highest BCUT2D eigenvalue weighted by Gasteiger charge is 2.30. The summed E-state index contributed by atoms with van der Waals surface area (Å²) < 4.78 is 16.0. The van der Waals surface area contributed by atoms with Crippen molar-refractivity contribution in [1.29, 1.82) is 0 Å². The molecular weight excluding hydrogens is 384 g/mol. The van der Waals surface area contributed by atoms with Crippen LogP contribution in [-0.2, 0) is 4.79 Å². The van der Waals surface area contributed by atoms with E-state index in [9.17, 15) is 9.59 Å². The molecule has 0 unspecified atom stereocenters. The zero-order valence-corrected chi connectivity index (χ0v) is 17.9. The molecule has 0 aliphatic carbocycles. The number of anilines is 1. The molecule has 1 aliphatic rings. The number of amides is 2. The average molecular weight is 412 g/mol. The molecule has 0 radical (unpaired) electrons. The molecule has 2 aromatic rings. The number of carbonyl (C=O) groups excluding carboxylic acids is 2. The molecule has 1 aliphatic heterocycles. The van der Waals surface area contributed by atoms with Crippen LogP contribution >= 0.6 is 0 Å². The van der Waals surface area contributed by atoms with Crippen molar-refractivity contribution in [3.05, 3.63) is 47.5 Å². The Morgan fingerprint density at radius 1 is 0.933 bits per heavy atom. The molecule has 2 amide bonds. The summed E-state index contributed by atoms with van der Waals surface area (Å²) in [5.41, 5.74) is 2.12. The van der Waals surface area contributed by atoms with E-state index < -0.39 is 0 Å². The molecule has 160 valence electrons. The van der Waals surface area contributed by atoms with Gasteiger partial charge in [-0.15, -0.1) is 0 Å². The predicted molar refractivity (Wildman–Crippen MR) is 115 cm³/mol. The Labute approximate surface area is 176 Å². The normalized spacial score (nSPS) is 14.2. The molecule has 1 heterocycles. The van der Waals surface area contributed by atoms with Crippen molar-refractivity contribution >= 4 is 17.5 Å². The quantitative estimate of drug-likeness (QED) is 0.786. The first-order chi connectivity index (χ1) is 14.5. The van der Waals surface area contributed by atoms with Crippen LogP contribution in [0.1, 0.15) is 28.8 Å². The molecule has 3 rings (SSSR count). The number of carbonyl (C=O) groups is 2. The molecule has 0 bridgehead atoms. The minimum atomic E-state index is -0.168. The molecule has 7 heteroatoms. The number of hydrogen-bond donors (Lipinski definition) is 1. The predicted octanol–water partition coefficient (Wildman–Crippen LogP) is 3.51. The third kappa shape index (κ3) is 4.50. The molecular formula is C23H28N2O5. The van der Waals surface area contributed by atoms with Crippen molar-refractivity contribution in [2.24, 2.45) is 5.92 Å². The maximum Gasteiger partial charge on any atom is 0.261 e. The second-order valence-electron chi connectivity index (χ2n) is 7.30. The van der Waals surface area contributed by atoms with E-state index in [0.29, 0.717) is 54.4 Å². The molecule has 1 saturated heterocycles. The lowest BCUT2D eigenvalue weighted by atomic mass is 9.95. The number of nitrogens with zero attached hydrogens (tertiary/aromatic N) is 1. The van der Waals surface area contributed by atoms with Crippen LogP contribution in [0, 0.1) is 12.8 Å².